The normalized spacial score (nSPS) is 10.9. The third-order valence-corrected chi connectivity index (χ3v) is 4.43. The molecular weight excluding hydrogens is 281 g/mol. The van der Waals surface area contributed by atoms with Gasteiger partial charge < -0.3 is 5.32 Å². The number of rotatable bonds is 6. The Balaban J connectivity index is 2.14. The Bertz CT molecular complexity index is 542. The average Bonchev–Trinajstić information content (AvgIpc) is 2.78. The second-order valence-electron chi connectivity index (χ2n) is 4.14. The van der Waals surface area contributed by atoms with Crippen LogP contribution in [0.4, 0.5) is 4.39 Å². The fourth-order valence-corrected chi connectivity index (χ4v) is 3.32. The summed E-state index contributed by atoms with van der Waals surface area (Å²) in [5.41, 5.74) is 0.964. The molecule has 0 unspecified atom stereocenters. The number of hydrogen-bond donors (Lipinski definition) is 1. The van der Waals surface area contributed by atoms with Crippen LogP contribution in [-0.4, -0.2) is 15.9 Å². The number of aromatic nitrogens is 2. The average molecular weight is 297 g/mol. The summed E-state index contributed by atoms with van der Waals surface area (Å²) in [6.07, 6.45) is 1.06. The molecule has 1 aromatic heterocycles. The molecule has 19 heavy (non-hydrogen) atoms. The van der Waals surface area contributed by atoms with Gasteiger partial charge in [0.2, 0.25) is 0 Å². The molecule has 1 heterocycles. The highest BCUT2D eigenvalue weighted by Crippen LogP contribution is 2.31. The maximum absolute atomic E-state index is 13.3. The molecule has 0 bridgehead atoms. The minimum atomic E-state index is -0.203. The highest BCUT2D eigenvalue weighted by atomic mass is 32.2. The van der Waals surface area contributed by atoms with E-state index in [2.05, 4.69) is 21.6 Å². The Kier molecular flexibility index (Phi) is 5.30. The fourth-order valence-electron chi connectivity index (χ4n) is 1.60. The van der Waals surface area contributed by atoms with E-state index in [0.29, 0.717) is 6.54 Å². The van der Waals surface area contributed by atoms with Crippen LogP contribution in [-0.2, 0) is 6.54 Å². The van der Waals surface area contributed by atoms with Gasteiger partial charge in [-0.2, -0.15) is 4.37 Å². The summed E-state index contributed by atoms with van der Waals surface area (Å²) < 4.78 is 18.4. The molecule has 0 amide bonds. The highest BCUT2D eigenvalue weighted by Gasteiger charge is 2.09. The van der Waals surface area contributed by atoms with E-state index in [1.54, 1.807) is 23.9 Å². The predicted molar refractivity (Wildman–Crippen MR) is 77.2 cm³/mol. The van der Waals surface area contributed by atoms with Gasteiger partial charge in [-0.3, -0.25) is 0 Å². The molecule has 6 heteroatoms. The SMILES string of the molecule is CCCNCc1cc(F)ccc1Sc1nc(C)ns1. The lowest BCUT2D eigenvalue weighted by atomic mass is 10.2. The first-order chi connectivity index (χ1) is 9.19. The predicted octanol–water partition coefficient (Wildman–Crippen LogP) is 3.64. The maximum atomic E-state index is 13.3. The van der Waals surface area contributed by atoms with E-state index >= 15 is 0 Å². The number of halogens is 1. The zero-order valence-corrected chi connectivity index (χ0v) is 12.6. The molecule has 0 spiro atoms. The van der Waals surface area contributed by atoms with Crippen LogP contribution in [0.3, 0.4) is 0 Å². The van der Waals surface area contributed by atoms with Gasteiger partial charge in [0.25, 0.3) is 0 Å². The van der Waals surface area contributed by atoms with E-state index in [1.165, 1.54) is 17.6 Å². The van der Waals surface area contributed by atoms with Gasteiger partial charge in [-0.25, -0.2) is 9.37 Å². The topological polar surface area (TPSA) is 37.8 Å². The van der Waals surface area contributed by atoms with Crippen molar-refractivity contribution in [3.63, 3.8) is 0 Å². The van der Waals surface area contributed by atoms with Crippen LogP contribution in [0.1, 0.15) is 24.7 Å². The second-order valence-corrected chi connectivity index (χ2v) is 6.18. The van der Waals surface area contributed by atoms with Gasteiger partial charge in [-0.1, -0.05) is 18.7 Å². The lowest BCUT2D eigenvalue weighted by Gasteiger charge is -2.08. The van der Waals surface area contributed by atoms with Crippen molar-refractivity contribution in [2.24, 2.45) is 0 Å². The summed E-state index contributed by atoms with van der Waals surface area (Å²) in [5.74, 6) is 0.575. The van der Waals surface area contributed by atoms with Crippen molar-refractivity contribution >= 4 is 23.3 Å². The van der Waals surface area contributed by atoms with E-state index in [1.807, 2.05) is 6.92 Å². The molecule has 2 aromatic rings. The number of aryl methyl sites for hydroxylation is 1. The van der Waals surface area contributed by atoms with Crippen molar-refractivity contribution in [2.75, 3.05) is 6.54 Å². The molecule has 0 saturated heterocycles. The molecule has 0 saturated carbocycles. The second kappa shape index (κ2) is 6.98. The van der Waals surface area contributed by atoms with Gasteiger partial charge in [0.15, 0.2) is 4.34 Å². The third kappa shape index (κ3) is 4.26. The monoisotopic (exact) mass is 297 g/mol. The molecule has 1 aromatic carbocycles. The van der Waals surface area contributed by atoms with Crippen molar-refractivity contribution in [3.8, 4) is 0 Å². The largest absolute Gasteiger partial charge is 0.313 e. The van der Waals surface area contributed by atoms with Crippen LogP contribution >= 0.6 is 23.3 Å². The third-order valence-electron chi connectivity index (χ3n) is 2.47. The Morgan fingerprint density at radius 1 is 1.42 bits per heavy atom. The van der Waals surface area contributed by atoms with Crippen molar-refractivity contribution in [1.82, 2.24) is 14.7 Å². The summed E-state index contributed by atoms with van der Waals surface area (Å²) in [6, 6.07) is 4.87. The molecule has 0 fully saturated rings. The highest BCUT2D eigenvalue weighted by molar-refractivity contribution is 8.01. The van der Waals surface area contributed by atoms with Crippen LogP contribution in [0.5, 0.6) is 0 Å². The van der Waals surface area contributed by atoms with Gasteiger partial charge in [0.1, 0.15) is 11.6 Å². The Hall–Kier alpha value is -0.980. The lowest BCUT2D eigenvalue weighted by molar-refractivity contribution is 0.615. The first-order valence-corrected chi connectivity index (χ1v) is 7.75. The van der Waals surface area contributed by atoms with Gasteiger partial charge >= 0.3 is 0 Å². The van der Waals surface area contributed by atoms with Crippen LogP contribution in [0.25, 0.3) is 0 Å². The Labute approximate surface area is 120 Å². The standard InChI is InChI=1S/C13H16FN3S2/c1-3-6-15-8-10-7-11(14)4-5-12(10)18-13-16-9(2)17-19-13/h4-5,7,15H,3,6,8H2,1-2H3. The van der Waals surface area contributed by atoms with E-state index in [4.69, 9.17) is 0 Å². The molecule has 102 valence electrons. The Morgan fingerprint density at radius 2 is 2.26 bits per heavy atom. The summed E-state index contributed by atoms with van der Waals surface area (Å²) in [5, 5.41) is 3.30. The molecular formula is C13H16FN3S2. The molecule has 0 aliphatic carbocycles. The first-order valence-electron chi connectivity index (χ1n) is 6.16. The smallest absolute Gasteiger partial charge is 0.174 e. The van der Waals surface area contributed by atoms with E-state index in [-0.39, 0.29) is 5.82 Å². The van der Waals surface area contributed by atoms with E-state index < -0.39 is 0 Å². The van der Waals surface area contributed by atoms with Gasteiger partial charge in [-0.05, 0) is 55.2 Å². The number of nitrogens with zero attached hydrogens (tertiary/aromatic N) is 2. The minimum absolute atomic E-state index is 0.203. The molecule has 0 aliphatic rings. The van der Waals surface area contributed by atoms with Crippen LogP contribution in [0.2, 0.25) is 0 Å². The lowest BCUT2D eigenvalue weighted by Crippen LogP contribution is -2.14. The van der Waals surface area contributed by atoms with Crippen LogP contribution < -0.4 is 5.32 Å². The minimum Gasteiger partial charge on any atom is -0.313 e. The molecule has 0 radical (unpaired) electrons. The molecule has 1 N–H and O–H groups in total. The Morgan fingerprint density at radius 3 is 2.95 bits per heavy atom. The van der Waals surface area contributed by atoms with Crippen molar-refractivity contribution < 1.29 is 4.39 Å². The van der Waals surface area contributed by atoms with Crippen molar-refractivity contribution in [2.45, 2.75) is 36.0 Å². The number of benzene rings is 1. The maximum Gasteiger partial charge on any atom is 0.174 e. The van der Waals surface area contributed by atoms with Crippen LogP contribution in [0, 0.1) is 12.7 Å². The zero-order chi connectivity index (χ0) is 13.7. The summed E-state index contributed by atoms with van der Waals surface area (Å²) in [7, 11) is 0. The van der Waals surface area contributed by atoms with Gasteiger partial charge in [-0.15, -0.1) is 0 Å². The quantitative estimate of drug-likeness (QED) is 0.826. The van der Waals surface area contributed by atoms with Gasteiger partial charge in [0.05, 0.1) is 0 Å². The van der Waals surface area contributed by atoms with Crippen LogP contribution in [0.15, 0.2) is 27.4 Å². The number of nitrogens with one attached hydrogen (secondary N) is 1. The number of hydrogen-bond acceptors (Lipinski definition) is 5. The molecule has 2 rings (SSSR count). The summed E-state index contributed by atoms with van der Waals surface area (Å²) in [6.45, 7) is 5.58. The van der Waals surface area contributed by atoms with E-state index in [0.717, 1.165) is 33.6 Å². The van der Waals surface area contributed by atoms with Crippen molar-refractivity contribution in [3.05, 3.63) is 35.4 Å². The molecule has 0 atom stereocenters. The first kappa shape index (κ1) is 14.4. The molecule has 3 nitrogen and oxygen atoms in total. The van der Waals surface area contributed by atoms with E-state index in [9.17, 15) is 4.39 Å². The van der Waals surface area contributed by atoms with Gasteiger partial charge in [0, 0.05) is 11.4 Å². The summed E-state index contributed by atoms with van der Waals surface area (Å²) >= 11 is 2.91. The fraction of sp³-hybridized carbons (Fsp3) is 0.385. The zero-order valence-electron chi connectivity index (χ0n) is 10.9. The molecule has 0 aliphatic heterocycles. The van der Waals surface area contributed by atoms with Crippen molar-refractivity contribution in [1.29, 1.82) is 0 Å². The summed E-state index contributed by atoms with van der Waals surface area (Å²) in [4.78, 5) is 5.35.